The average molecular weight is 223 g/mol. The lowest BCUT2D eigenvalue weighted by molar-refractivity contribution is 0.188. The highest BCUT2D eigenvalue weighted by atomic mass is 16.3. The van der Waals surface area contributed by atoms with Crippen molar-refractivity contribution in [3.05, 3.63) is 24.2 Å². The summed E-state index contributed by atoms with van der Waals surface area (Å²) in [5.74, 6) is 1.69. The van der Waals surface area contributed by atoms with Crippen LogP contribution in [0.2, 0.25) is 0 Å². The predicted molar refractivity (Wildman–Crippen MR) is 63.1 cm³/mol. The molecule has 2 rings (SSSR count). The minimum absolute atomic E-state index is 0.0296. The smallest absolute Gasteiger partial charge is 0.108 e. The van der Waals surface area contributed by atoms with Crippen LogP contribution in [0, 0.1) is 5.92 Å². The van der Waals surface area contributed by atoms with E-state index in [9.17, 15) is 5.11 Å². The molecule has 1 saturated carbocycles. The lowest BCUT2D eigenvalue weighted by Crippen LogP contribution is -2.36. The molecule has 90 valence electrons. The van der Waals surface area contributed by atoms with E-state index in [0.29, 0.717) is 5.92 Å². The van der Waals surface area contributed by atoms with Crippen LogP contribution in [0.4, 0.5) is 0 Å². The molecule has 0 amide bonds. The van der Waals surface area contributed by atoms with Gasteiger partial charge in [-0.15, -0.1) is 0 Å². The van der Waals surface area contributed by atoms with Crippen LogP contribution < -0.4 is 5.73 Å². The lowest BCUT2D eigenvalue weighted by Gasteiger charge is -2.32. The molecule has 3 N–H and O–H groups in total. The lowest BCUT2D eigenvalue weighted by atomic mass is 9.76. The zero-order valence-electron chi connectivity index (χ0n) is 9.64. The van der Waals surface area contributed by atoms with Gasteiger partial charge in [-0.3, -0.25) is 0 Å². The molecule has 3 heteroatoms. The SMILES string of the molecule is NC(CO)C(c1ccco1)C1CCCCC1. The van der Waals surface area contributed by atoms with Gasteiger partial charge in [0, 0.05) is 12.0 Å². The van der Waals surface area contributed by atoms with E-state index in [4.69, 9.17) is 10.2 Å². The second-order valence-corrected chi connectivity index (χ2v) is 4.79. The molecular weight excluding hydrogens is 202 g/mol. The van der Waals surface area contributed by atoms with Crippen molar-refractivity contribution in [3.63, 3.8) is 0 Å². The third-order valence-electron chi connectivity index (χ3n) is 3.70. The van der Waals surface area contributed by atoms with E-state index in [2.05, 4.69) is 0 Å². The maximum atomic E-state index is 9.27. The molecule has 2 unspecified atom stereocenters. The normalized spacial score (nSPS) is 21.9. The minimum atomic E-state index is -0.200. The van der Waals surface area contributed by atoms with Gasteiger partial charge in [0.2, 0.25) is 0 Å². The highest BCUT2D eigenvalue weighted by Crippen LogP contribution is 2.37. The van der Waals surface area contributed by atoms with E-state index >= 15 is 0 Å². The largest absolute Gasteiger partial charge is 0.469 e. The first-order valence-electron chi connectivity index (χ1n) is 6.22. The third kappa shape index (κ3) is 2.47. The second-order valence-electron chi connectivity index (χ2n) is 4.79. The number of rotatable bonds is 4. The number of aliphatic hydroxyl groups is 1. The van der Waals surface area contributed by atoms with Crippen molar-refractivity contribution in [2.24, 2.45) is 11.7 Å². The Morgan fingerprint density at radius 1 is 1.38 bits per heavy atom. The maximum Gasteiger partial charge on any atom is 0.108 e. The number of nitrogens with two attached hydrogens (primary N) is 1. The molecule has 1 fully saturated rings. The van der Waals surface area contributed by atoms with Gasteiger partial charge < -0.3 is 15.3 Å². The summed E-state index contributed by atoms with van der Waals surface area (Å²) in [6.45, 7) is 0.0296. The van der Waals surface area contributed by atoms with Crippen molar-refractivity contribution in [2.45, 2.75) is 44.1 Å². The van der Waals surface area contributed by atoms with Gasteiger partial charge in [0.25, 0.3) is 0 Å². The Bertz CT molecular complexity index is 291. The van der Waals surface area contributed by atoms with Crippen LogP contribution in [-0.4, -0.2) is 17.8 Å². The van der Waals surface area contributed by atoms with Crippen LogP contribution in [0.1, 0.15) is 43.8 Å². The quantitative estimate of drug-likeness (QED) is 0.823. The molecule has 0 saturated heterocycles. The van der Waals surface area contributed by atoms with Crippen LogP contribution in [0.3, 0.4) is 0 Å². The summed E-state index contributed by atoms with van der Waals surface area (Å²) in [6, 6.07) is 3.68. The van der Waals surface area contributed by atoms with Crippen molar-refractivity contribution < 1.29 is 9.52 Å². The van der Waals surface area contributed by atoms with Crippen LogP contribution in [0.25, 0.3) is 0 Å². The van der Waals surface area contributed by atoms with Gasteiger partial charge in [0.05, 0.1) is 12.9 Å². The van der Waals surface area contributed by atoms with Gasteiger partial charge in [-0.05, 0) is 30.9 Å². The van der Waals surface area contributed by atoms with Crippen LogP contribution >= 0.6 is 0 Å². The molecule has 1 aliphatic carbocycles. The van der Waals surface area contributed by atoms with Crippen molar-refractivity contribution in [1.82, 2.24) is 0 Å². The maximum absolute atomic E-state index is 9.27. The van der Waals surface area contributed by atoms with Gasteiger partial charge in [-0.25, -0.2) is 0 Å². The van der Waals surface area contributed by atoms with Gasteiger partial charge in [0.15, 0.2) is 0 Å². The molecule has 16 heavy (non-hydrogen) atoms. The van der Waals surface area contributed by atoms with E-state index in [1.807, 2.05) is 12.1 Å². The molecule has 0 spiro atoms. The predicted octanol–water partition coefficient (Wildman–Crippen LogP) is 2.26. The molecule has 0 aliphatic heterocycles. The first kappa shape index (κ1) is 11.7. The highest BCUT2D eigenvalue weighted by Gasteiger charge is 2.31. The molecule has 0 aromatic carbocycles. The van der Waals surface area contributed by atoms with Crippen LogP contribution in [-0.2, 0) is 0 Å². The summed E-state index contributed by atoms with van der Waals surface area (Å²) >= 11 is 0. The summed E-state index contributed by atoms with van der Waals surface area (Å²) in [4.78, 5) is 0. The Balaban J connectivity index is 2.13. The summed E-state index contributed by atoms with van der Waals surface area (Å²) in [7, 11) is 0. The molecule has 1 heterocycles. The molecular formula is C13H21NO2. The molecule has 0 radical (unpaired) electrons. The molecule has 1 aromatic heterocycles. The fourth-order valence-electron chi connectivity index (χ4n) is 2.88. The van der Waals surface area contributed by atoms with Gasteiger partial charge in [-0.1, -0.05) is 19.3 Å². The summed E-state index contributed by atoms with van der Waals surface area (Å²) in [5.41, 5.74) is 6.03. The van der Waals surface area contributed by atoms with Crippen molar-refractivity contribution in [1.29, 1.82) is 0 Å². The van der Waals surface area contributed by atoms with Gasteiger partial charge in [-0.2, -0.15) is 0 Å². The molecule has 1 aliphatic rings. The molecule has 3 nitrogen and oxygen atoms in total. The average Bonchev–Trinajstić information content (AvgIpc) is 2.84. The first-order valence-corrected chi connectivity index (χ1v) is 6.22. The monoisotopic (exact) mass is 223 g/mol. The third-order valence-corrected chi connectivity index (χ3v) is 3.70. The Labute approximate surface area is 96.6 Å². The van der Waals surface area contributed by atoms with Crippen LogP contribution in [0.5, 0.6) is 0 Å². The van der Waals surface area contributed by atoms with Crippen molar-refractivity contribution in [3.8, 4) is 0 Å². The van der Waals surface area contributed by atoms with Crippen LogP contribution in [0.15, 0.2) is 22.8 Å². The Morgan fingerprint density at radius 3 is 2.69 bits per heavy atom. The second kappa shape index (κ2) is 5.51. The van der Waals surface area contributed by atoms with Crippen molar-refractivity contribution >= 4 is 0 Å². The zero-order valence-corrected chi connectivity index (χ0v) is 9.64. The number of hydrogen-bond donors (Lipinski definition) is 2. The first-order chi connectivity index (χ1) is 7.83. The van der Waals surface area contributed by atoms with E-state index in [-0.39, 0.29) is 18.6 Å². The molecule has 0 bridgehead atoms. The number of hydrogen-bond acceptors (Lipinski definition) is 3. The number of furan rings is 1. The Kier molecular flexibility index (Phi) is 4.02. The zero-order chi connectivity index (χ0) is 11.4. The summed E-state index contributed by atoms with van der Waals surface area (Å²) in [6.07, 6.45) is 7.99. The van der Waals surface area contributed by atoms with E-state index in [1.165, 1.54) is 32.1 Å². The topological polar surface area (TPSA) is 59.4 Å². The summed E-state index contributed by atoms with van der Waals surface area (Å²) < 4.78 is 5.48. The molecule has 1 aromatic rings. The Hall–Kier alpha value is -0.800. The number of aliphatic hydroxyl groups excluding tert-OH is 1. The minimum Gasteiger partial charge on any atom is -0.469 e. The van der Waals surface area contributed by atoms with Gasteiger partial charge >= 0.3 is 0 Å². The van der Waals surface area contributed by atoms with E-state index in [0.717, 1.165) is 5.76 Å². The highest BCUT2D eigenvalue weighted by molar-refractivity contribution is 5.10. The van der Waals surface area contributed by atoms with Gasteiger partial charge in [0.1, 0.15) is 5.76 Å². The fraction of sp³-hybridized carbons (Fsp3) is 0.692. The van der Waals surface area contributed by atoms with E-state index in [1.54, 1.807) is 6.26 Å². The Morgan fingerprint density at radius 2 is 2.12 bits per heavy atom. The van der Waals surface area contributed by atoms with Crippen molar-refractivity contribution in [2.75, 3.05) is 6.61 Å². The fourth-order valence-corrected chi connectivity index (χ4v) is 2.88. The van der Waals surface area contributed by atoms with E-state index < -0.39 is 0 Å². The summed E-state index contributed by atoms with van der Waals surface area (Å²) in [5, 5.41) is 9.27. The molecule has 2 atom stereocenters. The standard InChI is InChI=1S/C13H21NO2/c14-11(9-15)13(12-7-4-8-16-12)10-5-2-1-3-6-10/h4,7-8,10-11,13,15H,1-3,5-6,9,14H2.